The standard InChI is InChI=1S/C22H34N2O5S/c1-5-16-30(27,28)24(15-7-14-23-13-6-8-20(23)25)21(26)17-29-19-11-9-18(10-12-19)22(2,3)4/h9-12H,5-8,13-17H2,1-4H3. The van der Waals surface area contributed by atoms with Gasteiger partial charge in [-0.25, -0.2) is 12.7 Å². The predicted octanol–water partition coefficient (Wildman–Crippen LogP) is 2.94. The Morgan fingerprint density at radius 3 is 2.40 bits per heavy atom. The number of nitrogens with zero attached hydrogens (tertiary/aromatic N) is 2. The number of hydrogen-bond acceptors (Lipinski definition) is 5. The quantitative estimate of drug-likeness (QED) is 0.561. The molecule has 2 rings (SSSR count). The van der Waals surface area contributed by atoms with E-state index in [2.05, 4.69) is 20.8 Å². The fourth-order valence-corrected chi connectivity index (χ4v) is 4.91. The van der Waals surface area contributed by atoms with E-state index in [0.717, 1.165) is 16.3 Å². The lowest BCUT2D eigenvalue weighted by atomic mass is 9.87. The second kappa shape index (κ2) is 10.3. The lowest BCUT2D eigenvalue weighted by molar-refractivity contribution is -0.128. The molecule has 0 bridgehead atoms. The van der Waals surface area contributed by atoms with Crippen molar-refractivity contribution in [1.82, 2.24) is 9.21 Å². The first-order valence-corrected chi connectivity index (χ1v) is 12.2. The van der Waals surface area contributed by atoms with Gasteiger partial charge in [-0.05, 0) is 42.4 Å². The van der Waals surface area contributed by atoms with Crippen LogP contribution in [0.1, 0.15) is 58.9 Å². The number of amides is 2. The van der Waals surface area contributed by atoms with Gasteiger partial charge < -0.3 is 9.64 Å². The number of carbonyl (C=O) groups excluding carboxylic acids is 2. The van der Waals surface area contributed by atoms with Gasteiger partial charge in [-0.2, -0.15) is 0 Å². The van der Waals surface area contributed by atoms with E-state index in [9.17, 15) is 18.0 Å². The topological polar surface area (TPSA) is 84.0 Å². The molecule has 7 nitrogen and oxygen atoms in total. The highest BCUT2D eigenvalue weighted by atomic mass is 32.2. The summed E-state index contributed by atoms with van der Waals surface area (Å²) >= 11 is 0. The smallest absolute Gasteiger partial charge is 0.273 e. The minimum absolute atomic E-state index is 0.0100. The summed E-state index contributed by atoms with van der Waals surface area (Å²) in [5.74, 6) is -0.0731. The molecule has 0 radical (unpaired) electrons. The first-order valence-electron chi connectivity index (χ1n) is 10.6. The van der Waals surface area contributed by atoms with Crippen LogP contribution in [-0.2, 0) is 25.0 Å². The molecule has 1 aliphatic heterocycles. The maximum Gasteiger partial charge on any atom is 0.273 e. The zero-order valence-corrected chi connectivity index (χ0v) is 19.3. The van der Waals surface area contributed by atoms with Crippen molar-refractivity contribution in [3.8, 4) is 5.75 Å². The van der Waals surface area contributed by atoms with Crippen LogP contribution in [0, 0.1) is 0 Å². The molecule has 30 heavy (non-hydrogen) atoms. The van der Waals surface area contributed by atoms with E-state index in [0.29, 0.717) is 38.1 Å². The normalized spacial score (nSPS) is 14.8. The van der Waals surface area contributed by atoms with Crippen LogP contribution in [0.4, 0.5) is 0 Å². The highest BCUT2D eigenvalue weighted by Crippen LogP contribution is 2.24. The summed E-state index contributed by atoms with van der Waals surface area (Å²) < 4.78 is 31.7. The molecular formula is C22H34N2O5S. The van der Waals surface area contributed by atoms with Gasteiger partial charge in [0.25, 0.3) is 5.91 Å². The number of sulfonamides is 1. The highest BCUT2D eigenvalue weighted by molar-refractivity contribution is 7.89. The SMILES string of the molecule is CCCS(=O)(=O)N(CCCN1CCCC1=O)C(=O)COc1ccc(C(C)(C)C)cc1. The Balaban J connectivity index is 1.98. The number of ether oxygens (including phenoxy) is 1. The van der Waals surface area contributed by atoms with Crippen LogP contribution < -0.4 is 4.74 Å². The van der Waals surface area contributed by atoms with Crippen molar-refractivity contribution < 1.29 is 22.7 Å². The van der Waals surface area contributed by atoms with Crippen LogP contribution >= 0.6 is 0 Å². The number of carbonyl (C=O) groups is 2. The Labute approximate surface area is 180 Å². The number of rotatable bonds is 10. The van der Waals surface area contributed by atoms with E-state index in [1.807, 2.05) is 12.1 Å². The molecule has 1 aliphatic rings. The lowest BCUT2D eigenvalue weighted by Crippen LogP contribution is -2.42. The lowest BCUT2D eigenvalue weighted by Gasteiger charge is -2.24. The van der Waals surface area contributed by atoms with Crippen molar-refractivity contribution >= 4 is 21.8 Å². The second-order valence-corrected chi connectivity index (χ2v) is 10.7. The Bertz CT molecular complexity index is 828. The zero-order chi connectivity index (χ0) is 22.4. The van der Waals surface area contributed by atoms with Crippen LogP contribution in [0.25, 0.3) is 0 Å². The predicted molar refractivity (Wildman–Crippen MR) is 117 cm³/mol. The zero-order valence-electron chi connectivity index (χ0n) is 18.5. The highest BCUT2D eigenvalue weighted by Gasteiger charge is 2.28. The maximum absolute atomic E-state index is 12.7. The second-order valence-electron chi connectivity index (χ2n) is 8.68. The van der Waals surface area contributed by atoms with Gasteiger partial charge in [-0.15, -0.1) is 0 Å². The van der Waals surface area contributed by atoms with Crippen molar-refractivity contribution in [3.05, 3.63) is 29.8 Å². The van der Waals surface area contributed by atoms with Crippen molar-refractivity contribution in [2.24, 2.45) is 0 Å². The van der Waals surface area contributed by atoms with Crippen LogP contribution in [0.15, 0.2) is 24.3 Å². The molecule has 1 heterocycles. The third kappa shape index (κ3) is 6.72. The van der Waals surface area contributed by atoms with E-state index in [-0.39, 0.29) is 30.2 Å². The summed E-state index contributed by atoms with van der Waals surface area (Å²) in [4.78, 5) is 26.2. The molecule has 0 aliphatic carbocycles. The summed E-state index contributed by atoms with van der Waals surface area (Å²) in [7, 11) is -3.71. The fraction of sp³-hybridized carbons (Fsp3) is 0.636. The molecule has 1 aromatic carbocycles. The first-order chi connectivity index (χ1) is 14.0. The molecule has 1 saturated heterocycles. The number of hydrogen-bond donors (Lipinski definition) is 0. The summed E-state index contributed by atoms with van der Waals surface area (Å²) in [6.07, 6.45) is 2.21. The van der Waals surface area contributed by atoms with E-state index in [1.165, 1.54) is 0 Å². The van der Waals surface area contributed by atoms with E-state index in [1.54, 1.807) is 24.0 Å². The van der Waals surface area contributed by atoms with E-state index in [4.69, 9.17) is 4.74 Å². The van der Waals surface area contributed by atoms with Gasteiger partial charge in [0.2, 0.25) is 15.9 Å². The van der Waals surface area contributed by atoms with Crippen molar-refractivity contribution in [3.63, 3.8) is 0 Å². The molecule has 0 N–H and O–H groups in total. The largest absolute Gasteiger partial charge is 0.484 e. The van der Waals surface area contributed by atoms with Crippen LogP contribution in [-0.4, -0.2) is 61.4 Å². The van der Waals surface area contributed by atoms with Crippen molar-refractivity contribution in [1.29, 1.82) is 0 Å². The van der Waals surface area contributed by atoms with Gasteiger partial charge in [0.05, 0.1) is 5.75 Å². The van der Waals surface area contributed by atoms with E-state index >= 15 is 0 Å². The first kappa shape index (κ1) is 24.2. The summed E-state index contributed by atoms with van der Waals surface area (Å²) in [5.41, 5.74) is 1.15. The van der Waals surface area contributed by atoms with E-state index < -0.39 is 15.9 Å². The van der Waals surface area contributed by atoms with Gasteiger partial charge in [-0.3, -0.25) is 9.59 Å². The molecular weight excluding hydrogens is 404 g/mol. The molecule has 2 amide bonds. The molecule has 1 fully saturated rings. The average molecular weight is 439 g/mol. The molecule has 0 atom stereocenters. The van der Waals surface area contributed by atoms with Gasteiger partial charge in [0, 0.05) is 26.1 Å². The van der Waals surface area contributed by atoms with Crippen LogP contribution in [0.3, 0.4) is 0 Å². The molecule has 0 unspecified atom stereocenters. The molecule has 0 saturated carbocycles. The number of benzene rings is 1. The van der Waals surface area contributed by atoms with Gasteiger partial charge in [0.1, 0.15) is 5.75 Å². The van der Waals surface area contributed by atoms with Crippen molar-refractivity contribution in [2.75, 3.05) is 32.0 Å². The third-order valence-corrected chi connectivity index (χ3v) is 7.10. The van der Waals surface area contributed by atoms with Gasteiger partial charge >= 0.3 is 0 Å². The Hall–Kier alpha value is -2.09. The number of likely N-dealkylation sites (tertiary alicyclic amines) is 1. The van der Waals surface area contributed by atoms with Gasteiger partial charge in [-0.1, -0.05) is 39.8 Å². The van der Waals surface area contributed by atoms with Crippen LogP contribution in [0.5, 0.6) is 5.75 Å². The minimum atomic E-state index is -3.71. The molecule has 1 aromatic rings. The minimum Gasteiger partial charge on any atom is -0.484 e. The Kier molecular flexibility index (Phi) is 8.29. The summed E-state index contributed by atoms with van der Waals surface area (Å²) in [6, 6.07) is 7.46. The fourth-order valence-electron chi connectivity index (χ4n) is 3.40. The summed E-state index contributed by atoms with van der Waals surface area (Å²) in [5, 5.41) is 0. The summed E-state index contributed by atoms with van der Waals surface area (Å²) in [6.45, 7) is 8.95. The average Bonchev–Trinajstić information content (AvgIpc) is 3.07. The Morgan fingerprint density at radius 2 is 1.87 bits per heavy atom. The third-order valence-electron chi connectivity index (χ3n) is 5.12. The molecule has 168 valence electrons. The van der Waals surface area contributed by atoms with Crippen LogP contribution in [0.2, 0.25) is 0 Å². The Morgan fingerprint density at radius 1 is 1.20 bits per heavy atom. The molecule has 0 spiro atoms. The van der Waals surface area contributed by atoms with Gasteiger partial charge in [0.15, 0.2) is 6.61 Å². The molecule has 8 heteroatoms. The van der Waals surface area contributed by atoms with Crippen molar-refractivity contribution in [2.45, 2.75) is 58.8 Å². The molecule has 0 aromatic heterocycles. The monoisotopic (exact) mass is 438 g/mol. The maximum atomic E-state index is 12.7.